The molecule has 0 bridgehead atoms. The van der Waals surface area contributed by atoms with Crippen molar-refractivity contribution < 1.29 is 13.9 Å². The van der Waals surface area contributed by atoms with Crippen LogP contribution in [-0.2, 0) is 9.53 Å². The lowest BCUT2D eigenvalue weighted by Gasteiger charge is -2.29. The fraction of sp³-hybridized carbons (Fsp3) is 0.174. The Bertz CT molecular complexity index is 1160. The summed E-state index contributed by atoms with van der Waals surface area (Å²) in [7, 11) is 0. The van der Waals surface area contributed by atoms with Gasteiger partial charge in [0.2, 0.25) is 0 Å². The van der Waals surface area contributed by atoms with Crippen molar-refractivity contribution in [3.8, 4) is 16.9 Å². The van der Waals surface area contributed by atoms with Gasteiger partial charge in [-0.15, -0.1) is 0 Å². The number of hydrogen-bond acceptors (Lipinski definition) is 4. The summed E-state index contributed by atoms with van der Waals surface area (Å²) >= 11 is 5.36. The monoisotopic (exact) mass is 436 g/mol. The van der Waals surface area contributed by atoms with E-state index in [9.17, 15) is 9.18 Å². The molecule has 4 rings (SSSR count). The third-order valence-corrected chi connectivity index (χ3v) is 5.18. The quantitative estimate of drug-likeness (QED) is 0.465. The van der Waals surface area contributed by atoms with Crippen LogP contribution in [0.25, 0.3) is 16.9 Å². The van der Waals surface area contributed by atoms with Crippen LogP contribution in [0.15, 0.2) is 72.1 Å². The van der Waals surface area contributed by atoms with Gasteiger partial charge in [-0.25, -0.2) is 13.9 Å². The van der Waals surface area contributed by atoms with Crippen molar-refractivity contribution in [2.45, 2.75) is 19.9 Å². The molecule has 0 saturated carbocycles. The number of ether oxygens (including phenoxy) is 1. The fourth-order valence-electron chi connectivity index (χ4n) is 3.55. The Morgan fingerprint density at radius 3 is 2.58 bits per heavy atom. The van der Waals surface area contributed by atoms with E-state index in [0.29, 0.717) is 22.1 Å². The molecule has 0 saturated heterocycles. The van der Waals surface area contributed by atoms with Gasteiger partial charge < -0.3 is 15.4 Å². The van der Waals surface area contributed by atoms with Gasteiger partial charge in [0.25, 0.3) is 0 Å². The Morgan fingerprint density at radius 2 is 1.90 bits per heavy atom. The third kappa shape index (κ3) is 4.20. The smallest absolute Gasteiger partial charge is 0.338 e. The van der Waals surface area contributed by atoms with Crippen LogP contribution < -0.4 is 10.6 Å². The van der Waals surface area contributed by atoms with Crippen molar-refractivity contribution in [1.82, 2.24) is 20.4 Å². The summed E-state index contributed by atoms with van der Waals surface area (Å²) in [5.41, 5.74) is 3.95. The van der Waals surface area contributed by atoms with Crippen LogP contribution in [0.3, 0.4) is 0 Å². The van der Waals surface area contributed by atoms with Gasteiger partial charge in [-0.05, 0) is 62.5 Å². The van der Waals surface area contributed by atoms with E-state index in [0.717, 1.165) is 16.8 Å². The summed E-state index contributed by atoms with van der Waals surface area (Å²) in [6.45, 7) is 3.79. The van der Waals surface area contributed by atoms with Crippen LogP contribution in [0.5, 0.6) is 0 Å². The van der Waals surface area contributed by atoms with Gasteiger partial charge in [-0.2, -0.15) is 5.10 Å². The second-order valence-electron chi connectivity index (χ2n) is 7.01. The molecule has 2 aromatic carbocycles. The van der Waals surface area contributed by atoms with E-state index in [-0.39, 0.29) is 12.4 Å². The molecule has 0 fully saturated rings. The number of carbonyl (C=O) groups is 1. The van der Waals surface area contributed by atoms with Gasteiger partial charge in [0, 0.05) is 23.0 Å². The highest BCUT2D eigenvalue weighted by Crippen LogP contribution is 2.35. The molecule has 0 aliphatic carbocycles. The summed E-state index contributed by atoms with van der Waals surface area (Å²) in [6.07, 6.45) is 1.85. The first-order valence-corrected chi connectivity index (χ1v) is 10.2. The number of esters is 1. The van der Waals surface area contributed by atoms with E-state index in [1.807, 2.05) is 36.5 Å². The number of para-hydroxylation sites is 1. The second kappa shape index (κ2) is 8.69. The van der Waals surface area contributed by atoms with E-state index in [2.05, 4.69) is 10.6 Å². The molecule has 0 amide bonds. The molecule has 1 aliphatic heterocycles. The molecule has 6 nitrogen and oxygen atoms in total. The molecule has 1 aromatic heterocycles. The van der Waals surface area contributed by atoms with Gasteiger partial charge in [0.05, 0.1) is 29.6 Å². The summed E-state index contributed by atoms with van der Waals surface area (Å²) in [4.78, 5) is 12.8. The number of aromatic nitrogens is 2. The maximum absolute atomic E-state index is 13.6. The summed E-state index contributed by atoms with van der Waals surface area (Å²) < 4.78 is 20.6. The fourth-order valence-corrected chi connectivity index (χ4v) is 3.82. The zero-order chi connectivity index (χ0) is 22.0. The summed E-state index contributed by atoms with van der Waals surface area (Å²) in [5.74, 6) is -0.776. The van der Waals surface area contributed by atoms with E-state index in [4.69, 9.17) is 22.1 Å². The van der Waals surface area contributed by atoms with Crippen molar-refractivity contribution in [2.24, 2.45) is 0 Å². The van der Waals surface area contributed by atoms with Crippen molar-refractivity contribution in [3.05, 3.63) is 83.4 Å². The van der Waals surface area contributed by atoms with Gasteiger partial charge in [-0.1, -0.05) is 18.2 Å². The molecule has 2 heterocycles. The highest BCUT2D eigenvalue weighted by Gasteiger charge is 2.34. The number of rotatable bonds is 5. The van der Waals surface area contributed by atoms with E-state index in [1.165, 1.54) is 12.1 Å². The van der Waals surface area contributed by atoms with Crippen LogP contribution in [0, 0.1) is 5.82 Å². The van der Waals surface area contributed by atoms with Crippen LogP contribution in [0.1, 0.15) is 25.5 Å². The van der Waals surface area contributed by atoms with Crippen molar-refractivity contribution in [2.75, 3.05) is 6.61 Å². The first-order valence-electron chi connectivity index (χ1n) is 9.84. The Hall–Kier alpha value is -3.52. The van der Waals surface area contributed by atoms with Crippen molar-refractivity contribution >= 4 is 23.3 Å². The Balaban J connectivity index is 1.90. The highest BCUT2D eigenvalue weighted by atomic mass is 32.1. The topological polar surface area (TPSA) is 68.2 Å². The molecule has 1 unspecified atom stereocenters. The lowest BCUT2D eigenvalue weighted by atomic mass is 9.94. The minimum absolute atomic E-state index is 0.251. The molecule has 1 atom stereocenters. The molecule has 3 aromatic rings. The van der Waals surface area contributed by atoms with E-state index in [1.54, 1.807) is 30.7 Å². The molecule has 8 heteroatoms. The number of hydrogen-bond donors (Lipinski definition) is 2. The number of nitrogens with zero attached hydrogens (tertiary/aromatic N) is 2. The predicted octanol–water partition coefficient (Wildman–Crippen LogP) is 4.03. The summed E-state index contributed by atoms with van der Waals surface area (Å²) in [5, 5.41) is 11.3. The molecular weight excluding hydrogens is 415 g/mol. The molecule has 158 valence electrons. The average molecular weight is 437 g/mol. The highest BCUT2D eigenvalue weighted by molar-refractivity contribution is 7.80. The maximum atomic E-state index is 13.6. The minimum Gasteiger partial charge on any atom is -0.463 e. The predicted molar refractivity (Wildman–Crippen MR) is 120 cm³/mol. The molecule has 0 spiro atoms. The van der Waals surface area contributed by atoms with Gasteiger partial charge in [-0.3, -0.25) is 0 Å². The first kappa shape index (κ1) is 20.7. The number of carbonyl (C=O) groups excluding carboxylic acids is 1. The molecular formula is C23H21FN4O2S. The zero-order valence-electron chi connectivity index (χ0n) is 17.1. The third-order valence-electron chi connectivity index (χ3n) is 4.96. The van der Waals surface area contributed by atoms with E-state index >= 15 is 0 Å². The Labute approximate surface area is 184 Å². The normalized spacial score (nSPS) is 16.0. The van der Waals surface area contributed by atoms with Gasteiger partial charge >= 0.3 is 5.97 Å². The summed E-state index contributed by atoms with van der Waals surface area (Å²) in [6, 6.07) is 15.1. The maximum Gasteiger partial charge on any atom is 0.338 e. The van der Waals surface area contributed by atoms with Gasteiger partial charge in [0.15, 0.2) is 5.11 Å². The number of benzene rings is 2. The largest absolute Gasteiger partial charge is 0.463 e. The van der Waals surface area contributed by atoms with Crippen molar-refractivity contribution in [3.63, 3.8) is 0 Å². The number of allylic oxidation sites excluding steroid dienone is 1. The Morgan fingerprint density at radius 1 is 1.19 bits per heavy atom. The van der Waals surface area contributed by atoms with Crippen LogP contribution in [0.4, 0.5) is 4.39 Å². The molecule has 31 heavy (non-hydrogen) atoms. The molecule has 2 N–H and O–H groups in total. The number of halogens is 1. The van der Waals surface area contributed by atoms with Gasteiger partial charge in [0.1, 0.15) is 5.82 Å². The second-order valence-corrected chi connectivity index (χ2v) is 7.42. The van der Waals surface area contributed by atoms with E-state index < -0.39 is 12.0 Å². The molecule has 1 aliphatic rings. The average Bonchev–Trinajstić information content (AvgIpc) is 3.20. The van der Waals surface area contributed by atoms with Crippen LogP contribution in [-0.4, -0.2) is 27.5 Å². The lowest BCUT2D eigenvalue weighted by Crippen LogP contribution is -2.45. The standard InChI is InChI=1S/C23H21FN4O2S/c1-3-30-22(29)19-14(2)25-23(31)26-21(19)18-13-28(17-7-5-4-6-8-17)27-20(18)15-9-11-16(24)12-10-15/h4-13,21H,3H2,1-2H3,(H2,25,26,31). The van der Waals surface area contributed by atoms with Crippen LogP contribution >= 0.6 is 12.2 Å². The zero-order valence-corrected chi connectivity index (χ0v) is 17.9. The SMILES string of the molecule is CCOC(=O)C1=C(C)NC(=S)NC1c1cn(-c2ccccc2)nc1-c1ccc(F)cc1. The Kier molecular flexibility index (Phi) is 5.81. The minimum atomic E-state index is -0.578. The van der Waals surface area contributed by atoms with Crippen LogP contribution in [0.2, 0.25) is 0 Å². The number of nitrogens with one attached hydrogen (secondary N) is 2. The molecule has 0 radical (unpaired) electrons. The first-order chi connectivity index (χ1) is 15.0. The lowest BCUT2D eigenvalue weighted by molar-refractivity contribution is -0.139. The van der Waals surface area contributed by atoms with Crippen molar-refractivity contribution in [1.29, 1.82) is 0 Å². The number of thiocarbonyl (C=S) groups is 1.